The largest absolute Gasteiger partial charge is 0.455 e. The van der Waals surface area contributed by atoms with Gasteiger partial charge in [-0.3, -0.25) is 9.78 Å². The second-order valence-corrected chi connectivity index (χ2v) is 5.64. The number of carbonyl (C=O) groups excluding carboxylic acids is 1. The number of nitrogens with zero attached hydrogens (tertiary/aromatic N) is 1. The zero-order valence-electron chi connectivity index (χ0n) is 14.1. The van der Waals surface area contributed by atoms with Crippen molar-refractivity contribution >= 4 is 5.91 Å². The van der Waals surface area contributed by atoms with E-state index in [1.165, 1.54) is 0 Å². The smallest absolute Gasteiger partial charge is 0.255 e. The van der Waals surface area contributed by atoms with Gasteiger partial charge < -0.3 is 15.2 Å². The second-order valence-electron chi connectivity index (χ2n) is 5.64. The Balaban J connectivity index is 2.04. The van der Waals surface area contributed by atoms with Crippen molar-refractivity contribution in [3.8, 4) is 11.5 Å². The third kappa shape index (κ3) is 4.80. The van der Waals surface area contributed by atoms with Crippen LogP contribution in [-0.4, -0.2) is 28.6 Å². The van der Waals surface area contributed by atoms with Gasteiger partial charge >= 0.3 is 0 Å². The summed E-state index contributed by atoms with van der Waals surface area (Å²) in [5, 5.41) is 12.9. The molecule has 5 nitrogen and oxygen atoms in total. The number of hydrogen-bond acceptors (Lipinski definition) is 4. The van der Waals surface area contributed by atoms with E-state index < -0.39 is 6.10 Å². The standard InChI is InChI=1S/C19H24N2O3/c1-3-14(4-2)17(22)13-21-19(23)16-9-5-6-10-18(16)24-15-8-7-11-20-12-15/h5-12,14,17,22H,3-4,13H2,1-2H3,(H,21,23). The molecule has 2 N–H and O–H groups in total. The number of pyridine rings is 1. The molecule has 0 aliphatic heterocycles. The maximum absolute atomic E-state index is 12.4. The van der Waals surface area contributed by atoms with Gasteiger partial charge in [0.2, 0.25) is 0 Å². The van der Waals surface area contributed by atoms with Gasteiger partial charge in [0, 0.05) is 12.7 Å². The van der Waals surface area contributed by atoms with Crippen molar-refractivity contribution in [1.29, 1.82) is 0 Å². The Labute approximate surface area is 142 Å². The molecule has 0 saturated heterocycles. The average molecular weight is 328 g/mol. The van der Waals surface area contributed by atoms with Crippen LogP contribution in [0.25, 0.3) is 0 Å². The molecule has 0 spiro atoms. The van der Waals surface area contributed by atoms with Crippen molar-refractivity contribution in [3.05, 3.63) is 54.4 Å². The molecule has 0 radical (unpaired) electrons. The fraction of sp³-hybridized carbons (Fsp3) is 0.368. The minimum Gasteiger partial charge on any atom is -0.455 e. The first-order valence-corrected chi connectivity index (χ1v) is 8.28. The van der Waals surface area contributed by atoms with Crippen LogP contribution in [-0.2, 0) is 0 Å². The number of benzene rings is 1. The molecule has 0 aliphatic rings. The van der Waals surface area contributed by atoms with Crippen LogP contribution in [0.2, 0.25) is 0 Å². The van der Waals surface area contributed by atoms with Gasteiger partial charge in [0.25, 0.3) is 5.91 Å². The van der Waals surface area contributed by atoms with Gasteiger partial charge in [0.1, 0.15) is 11.5 Å². The molecule has 2 aromatic rings. The summed E-state index contributed by atoms with van der Waals surface area (Å²) in [6.07, 6.45) is 4.47. The van der Waals surface area contributed by atoms with Crippen LogP contribution in [0.4, 0.5) is 0 Å². The summed E-state index contributed by atoms with van der Waals surface area (Å²) in [7, 11) is 0. The highest BCUT2D eigenvalue weighted by atomic mass is 16.5. The van der Waals surface area contributed by atoms with E-state index in [0.717, 1.165) is 12.8 Å². The molecule has 0 aliphatic carbocycles. The maximum atomic E-state index is 12.4. The van der Waals surface area contributed by atoms with E-state index in [-0.39, 0.29) is 18.4 Å². The van der Waals surface area contributed by atoms with Crippen molar-refractivity contribution < 1.29 is 14.6 Å². The van der Waals surface area contributed by atoms with Crippen molar-refractivity contribution in [3.63, 3.8) is 0 Å². The molecule has 128 valence electrons. The lowest BCUT2D eigenvalue weighted by Crippen LogP contribution is -2.36. The van der Waals surface area contributed by atoms with E-state index in [9.17, 15) is 9.90 Å². The SMILES string of the molecule is CCC(CC)C(O)CNC(=O)c1ccccc1Oc1cccnc1. The summed E-state index contributed by atoms with van der Waals surface area (Å²) in [6, 6.07) is 10.6. The topological polar surface area (TPSA) is 71.5 Å². The minimum atomic E-state index is -0.546. The number of para-hydroxylation sites is 1. The Morgan fingerprint density at radius 2 is 1.96 bits per heavy atom. The van der Waals surface area contributed by atoms with Crippen LogP contribution in [0, 0.1) is 5.92 Å². The summed E-state index contributed by atoms with van der Waals surface area (Å²) in [6.45, 7) is 4.30. The molecule has 0 fully saturated rings. The van der Waals surface area contributed by atoms with Gasteiger partial charge in [0.15, 0.2) is 0 Å². The number of aliphatic hydroxyl groups excluding tert-OH is 1. The van der Waals surface area contributed by atoms with Crippen LogP contribution in [0.3, 0.4) is 0 Å². The van der Waals surface area contributed by atoms with Crippen molar-refractivity contribution in [2.24, 2.45) is 5.92 Å². The van der Waals surface area contributed by atoms with Crippen molar-refractivity contribution in [1.82, 2.24) is 10.3 Å². The summed E-state index contributed by atoms with van der Waals surface area (Å²) in [5.74, 6) is 0.946. The Hall–Kier alpha value is -2.40. The molecule has 24 heavy (non-hydrogen) atoms. The Kier molecular flexibility index (Phi) is 6.75. The van der Waals surface area contributed by atoms with E-state index in [4.69, 9.17) is 4.74 Å². The average Bonchev–Trinajstić information content (AvgIpc) is 2.62. The molecular formula is C19H24N2O3. The summed E-state index contributed by atoms with van der Waals surface area (Å²) >= 11 is 0. The lowest BCUT2D eigenvalue weighted by Gasteiger charge is -2.20. The number of ether oxygens (including phenoxy) is 1. The number of nitrogens with one attached hydrogen (secondary N) is 1. The molecule has 1 unspecified atom stereocenters. The molecule has 1 aromatic carbocycles. The number of aliphatic hydroxyl groups is 1. The molecule has 5 heteroatoms. The summed E-state index contributed by atoms with van der Waals surface area (Å²) in [4.78, 5) is 16.4. The van der Waals surface area contributed by atoms with E-state index >= 15 is 0 Å². The molecular weight excluding hydrogens is 304 g/mol. The van der Waals surface area contributed by atoms with Gasteiger partial charge in [-0.05, 0) is 30.2 Å². The quantitative estimate of drug-likeness (QED) is 0.779. The Bertz CT molecular complexity index is 642. The first-order chi connectivity index (χ1) is 11.7. The lowest BCUT2D eigenvalue weighted by molar-refractivity contribution is 0.0815. The number of amides is 1. The van der Waals surface area contributed by atoms with Gasteiger partial charge in [-0.1, -0.05) is 38.8 Å². The fourth-order valence-corrected chi connectivity index (χ4v) is 2.57. The molecule has 0 saturated carbocycles. The zero-order valence-corrected chi connectivity index (χ0v) is 14.1. The van der Waals surface area contributed by atoms with Gasteiger partial charge in [-0.25, -0.2) is 0 Å². The summed E-state index contributed by atoms with van der Waals surface area (Å²) < 4.78 is 5.74. The monoisotopic (exact) mass is 328 g/mol. The molecule has 2 rings (SSSR count). The van der Waals surface area contributed by atoms with E-state index in [1.54, 1.807) is 42.7 Å². The minimum absolute atomic E-state index is 0.187. The van der Waals surface area contributed by atoms with Crippen molar-refractivity contribution in [2.75, 3.05) is 6.54 Å². The lowest BCUT2D eigenvalue weighted by atomic mass is 9.96. The van der Waals surface area contributed by atoms with E-state index in [0.29, 0.717) is 17.1 Å². The zero-order chi connectivity index (χ0) is 17.4. The maximum Gasteiger partial charge on any atom is 0.255 e. The highest BCUT2D eigenvalue weighted by Gasteiger charge is 2.18. The highest BCUT2D eigenvalue weighted by Crippen LogP contribution is 2.24. The number of rotatable bonds is 8. The first-order valence-electron chi connectivity index (χ1n) is 8.28. The molecule has 1 aromatic heterocycles. The van der Waals surface area contributed by atoms with Gasteiger partial charge in [-0.2, -0.15) is 0 Å². The van der Waals surface area contributed by atoms with Crippen LogP contribution >= 0.6 is 0 Å². The predicted molar refractivity (Wildman–Crippen MR) is 93.2 cm³/mol. The number of aromatic nitrogens is 1. The van der Waals surface area contributed by atoms with Crippen LogP contribution in [0.15, 0.2) is 48.8 Å². The predicted octanol–water partition coefficient (Wildman–Crippen LogP) is 3.40. The second kappa shape index (κ2) is 9.03. The molecule has 0 bridgehead atoms. The highest BCUT2D eigenvalue weighted by molar-refractivity contribution is 5.97. The number of hydrogen-bond donors (Lipinski definition) is 2. The third-order valence-corrected chi connectivity index (χ3v) is 4.06. The van der Waals surface area contributed by atoms with Gasteiger partial charge in [-0.15, -0.1) is 0 Å². The third-order valence-electron chi connectivity index (χ3n) is 4.06. The molecule has 1 atom stereocenters. The first kappa shape index (κ1) is 17.9. The molecule has 1 heterocycles. The molecule has 1 amide bonds. The van der Waals surface area contributed by atoms with E-state index in [1.807, 2.05) is 19.9 Å². The Morgan fingerprint density at radius 3 is 2.62 bits per heavy atom. The normalized spacial score (nSPS) is 12.0. The fourth-order valence-electron chi connectivity index (χ4n) is 2.57. The number of carbonyl (C=O) groups is 1. The van der Waals surface area contributed by atoms with Crippen LogP contribution in [0.1, 0.15) is 37.0 Å². The van der Waals surface area contributed by atoms with Crippen LogP contribution < -0.4 is 10.1 Å². The van der Waals surface area contributed by atoms with Crippen LogP contribution in [0.5, 0.6) is 11.5 Å². The summed E-state index contributed by atoms with van der Waals surface area (Å²) in [5.41, 5.74) is 0.429. The van der Waals surface area contributed by atoms with Crippen molar-refractivity contribution in [2.45, 2.75) is 32.8 Å². The van der Waals surface area contributed by atoms with Gasteiger partial charge in [0.05, 0.1) is 17.9 Å². The van der Waals surface area contributed by atoms with E-state index in [2.05, 4.69) is 10.3 Å². The Morgan fingerprint density at radius 1 is 1.21 bits per heavy atom.